The Morgan fingerprint density at radius 2 is 1.68 bits per heavy atom. The topological polar surface area (TPSA) is 95.5 Å². The van der Waals surface area contributed by atoms with Gasteiger partial charge in [0.1, 0.15) is 5.00 Å². The van der Waals surface area contributed by atoms with Gasteiger partial charge < -0.3 is 15.7 Å². The molecule has 2 aliphatic rings. The highest BCUT2D eigenvalue weighted by molar-refractivity contribution is 7.17. The Kier molecular flexibility index (Phi) is 6.41. The number of anilines is 2. The fourth-order valence-electron chi connectivity index (χ4n) is 4.74. The predicted molar refractivity (Wildman–Crippen MR) is 122 cm³/mol. The number of benzene rings is 1. The van der Waals surface area contributed by atoms with E-state index < -0.39 is 17.8 Å². The lowest BCUT2D eigenvalue weighted by molar-refractivity contribution is -0.147. The lowest BCUT2D eigenvalue weighted by Gasteiger charge is -2.27. The number of carbonyl (C=O) groups is 3. The summed E-state index contributed by atoms with van der Waals surface area (Å²) >= 11 is 1.47. The van der Waals surface area contributed by atoms with Crippen molar-refractivity contribution in [2.45, 2.75) is 58.3 Å². The van der Waals surface area contributed by atoms with Crippen molar-refractivity contribution in [2.75, 3.05) is 10.6 Å². The summed E-state index contributed by atoms with van der Waals surface area (Å²) in [5.74, 6) is -2.63. The summed E-state index contributed by atoms with van der Waals surface area (Å²) in [6.07, 6.45) is 6.59. The van der Waals surface area contributed by atoms with Gasteiger partial charge in [-0.25, -0.2) is 0 Å². The minimum Gasteiger partial charge on any atom is -0.481 e. The van der Waals surface area contributed by atoms with Crippen molar-refractivity contribution in [3.63, 3.8) is 0 Å². The quantitative estimate of drug-likeness (QED) is 0.608. The molecule has 164 valence electrons. The van der Waals surface area contributed by atoms with E-state index in [0.717, 1.165) is 60.2 Å². The molecule has 0 aliphatic heterocycles. The van der Waals surface area contributed by atoms with Crippen LogP contribution in [0.15, 0.2) is 24.3 Å². The third kappa shape index (κ3) is 4.51. The highest BCUT2D eigenvalue weighted by atomic mass is 32.1. The lowest BCUT2D eigenvalue weighted by Crippen LogP contribution is -2.36. The van der Waals surface area contributed by atoms with E-state index in [1.165, 1.54) is 11.3 Å². The largest absolute Gasteiger partial charge is 0.481 e. The predicted octanol–water partition coefficient (Wildman–Crippen LogP) is 5.02. The van der Waals surface area contributed by atoms with Crippen LogP contribution in [0.25, 0.3) is 0 Å². The Labute approximate surface area is 186 Å². The number of carbonyl (C=O) groups excluding carboxylic acids is 2. The fourth-order valence-corrected chi connectivity index (χ4v) is 6.03. The molecule has 0 radical (unpaired) electrons. The van der Waals surface area contributed by atoms with Gasteiger partial charge in [0.15, 0.2) is 0 Å². The molecule has 1 heterocycles. The van der Waals surface area contributed by atoms with E-state index >= 15 is 0 Å². The second-order valence-electron chi connectivity index (χ2n) is 8.51. The van der Waals surface area contributed by atoms with E-state index in [1.54, 1.807) is 0 Å². The molecule has 0 unspecified atom stereocenters. The molecule has 2 aliphatic carbocycles. The maximum absolute atomic E-state index is 13.3. The fraction of sp³-hybridized carbons (Fsp3) is 0.458. The van der Waals surface area contributed by atoms with Gasteiger partial charge in [-0.15, -0.1) is 11.3 Å². The van der Waals surface area contributed by atoms with Gasteiger partial charge in [-0.05, 0) is 62.6 Å². The highest BCUT2D eigenvalue weighted by Gasteiger charge is 2.37. The van der Waals surface area contributed by atoms with Crippen LogP contribution in [0, 0.1) is 18.8 Å². The van der Waals surface area contributed by atoms with Crippen LogP contribution in [0.1, 0.15) is 64.9 Å². The number of para-hydroxylation sites is 1. The first kappa shape index (κ1) is 21.6. The Bertz CT molecular complexity index is 1010. The molecule has 2 atom stereocenters. The van der Waals surface area contributed by atoms with Gasteiger partial charge in [0.25, 0.3) is 5.91 Å². The van der Waals surface area contributed by atoms with Crippen LogP contribution in [-0.2, 0) is 22.4 Å². The van der Waals surface area contributed by atoms with Gasteiger partial charge in [-0.3, -0.25) is 14.4 Å². The van der Waals surface area contributed by atoms with Gasteiger partial charge >= 0.3 is 5.97 Å². The maximum Gasteiger partial charge on any atom is 0.307 e. The number of thiophene rings is 1. The van der Waals surface area contributed by atoms with Crippen molar-refractivity contribution in [1.82, 2.24) is 0 Å². The average molecular weight is 441 g/mol. The molecule has 31 heavy (non-hydrogen) atoms. The number of aryl methyl sites for hydroxylation is 2. The van der Waals surface area contributed by atoms with Crippen molar-refractivity contribution in [2.24, 2.45) is 11.8 Å². The Hall–Kier alpha value is -2.67. The third-order valence-electron chi connectivity index (χ3n) is 6.45. The van der Waals surface area contributed by atoms with E-state index in [0.29, 0.717) is 23.4 Å². The number of hydrogen-bond acceptors (Lipinski definition) is 4. The number of fused-ring (bicyclic) bond motifs is 1. The Morgan fingerprint density at radius 3 is 2.42 bits per heavy atom. The van der Waals surface area contributed by atoms with E-state index in [9.17, 15) is 19.5 Å². The molecule has 1 fully saturated rings. The van der Waals surface area contributed by atoms with Crippen molar-refractivity contribution >= 4 is 39.8 Å². The van der Waals surface area contributed by atoms with Gasteiger partial charge in [0.05, 0.1) is 17.4 Å². The molecule has 2 amide bonds. The molecule has 0 spiro atoms. The number of amides is 2. The zero-order valence-electron chi connectivity index (χ0n) is 17.7. The van der Waals surface area contributed by atoms with Crippen molar-refractivity contribution in [1.29, 1.82) is 0 Å². The summed E-state index contributed by atoms with van der Waals surface area (Å²) in [5, 5.41) is 16.1. The van der Waals surface area contributed by atoms with Crippen LogP contribution in [0.5, 0.6) is 0 Å². The van der Waals surface area contributed by atoms with Gasteiger partial charge in [0, 0.05) is 10.6 Å². The first-order chi connectivity index (χ1) is 15.0. The highest BCUT2D eigenvalue weighted by Crippen LogP contribution is 2.40. The first-order valence-electron chi connectivity index (χ1n) is 11.0. The summed E-state index contributed by atoms with van der Waals surface area (Å²) in [7, 11) is 0. The molecule has 4 rings (SSSR count). The summed E-state index contributed by atoms with van der Waals surface area (Å²) in [6.45, 7) is 1.94. The molecule has 1 aromatic carbocycles. The van der Waals surface area contributed by atoms with Crippen LogP contribution >= 0.6 is 11.3 Å². The maximum atomic E-state index is 13.3. The zero-order chi connectivity index (χ0) is 22.0. The molecule has 3 N–H and O–H groups in total. The number of carboxylic acid groups (broad SMARTS) is 1. The molecule has 0 saturated heterocycles. The minimum absolute atomic E-state index is 0.220. The van der Waals surface area contributed by atoms with E-state index in [-0.39, 0.29) is 11.8 Å². The van der Waals surface area contributed by atoms with Crippen LogP contribution in [0.4, 0.5) is 10.7 Å². The van der Waals surface area contributed by atoms with Crippen molar-refractivity contribution in [3.8, 4) is 0 Å². The standard InChI is InChI=1S/C24H28N2O4S/c1-14-8-2-6-12-18(14)25-22(28)20-17-11-5-7-13-19(17)31-23(20)26-21(27)15-9-3-4-10-16(15)24(29)30/h2,6,8,12,15-16H,3-5,7,9-11,13H2,1H3,(H,25,28)(H,26,27)(H,29,30)/t15-,16+/m1/s1. The molecule has 1 aromatic heterocycles. The summed E-state index contributed by atoms with van der Waals surface area (Å²) in [6, 6.07) is 7.61. The summed E-state index contributed by atoms with van der Waals surface area (Å²) < 4.78 is 0. The van der Waals surface area contributed by atoms with Gasteiger partial charge in [-0.1, -0.05) is 31.0 Å². The zero-order valence-corrected chi connectivity index (χ0v) is 18.5. The molecule has 2 aromatic rings. The van der Waals surface area contributed by atoms with Crippen molar-refractivity contribution < 1.29 is 19.5 Å². The molecule has 6 nitrogen and oxygen atoms in total. The number of hydrogen-bond donors (Lipinski definition) is 3. The number of rotatable bonds is 5. The van der Waals surface area contributed by atoms with Crippen LogP contribution < -0.4 is 10.6 Å². The SMILES string of the molecule is Cc1ccccc1NC(=O)c1c(NC(=O)[C@@H]2CCCC[C@@H]2C(=O)O)sc2c1CCCC2. The van der Waals surface area contributed by atoms with Crippen LogP contribution in [-0.4, -0.2) is 22.9 Å². The third-order valence-corrected chi connectivity index (χ3v) is 7.66. The van der Waals surface area contributed by atoms with Crippen LogP contribution in [0.2, 0.25) is 0 Å². The van der Waals surface area contributed by atoms with Gasteiger partial charge in [0.2, 0.25) is 5.91 Å². The Balaban J connectivity index is 1.62. The second-order valence-corrected chi connectivity index (χ2v) is 9.61. The molecular weight excluding hydrogens is 412 g/mol. The van der Waals surface area contributed by atoms with Crippen LogP contribution in [0.3, 0.4) is 0 Å². The monoisotopic (exact) mass is 440 g/mol. The Morgan fingerprint density at radius 1 is 0.968 bits per heavy atom. The molecular formula is C24H28N2O4S. The molecule has 7 heteroatoms. The van der Waals surface area contributed by atoms with E-state index in [2.05, 4.69) is 10.6 Å². The van der Waals surface area contributed by atoms with E-state index in [1.807, 2.05) is 31.2 Å². The first-order valence-corrected chi connectivity index (χ1v) is 11.8. The normalized spacial score (nSPS) is 20.5. The number of nitrogens with one attached hydrogen (secondary N) is 2. The summed E-state index contributed by atoms with van der Waals surface area (Å²) in [4.78, 5) is 39.2. The average Bonchev–Trinajstić information content (AvgIpc) is 3.13. The second kappa shape index (κ2) is 9.22. The molecule has 0 bridgehead atoms. The smallest absolute Gasteiger partial charge is 0.307 e. The number of carboxylic acids is 1. The van der Waals surface area contributed by atoms with E-state index in [4.69, 9.17) is 0 Å². The summed E-state index contributed by atoms with van der Waals surface area (Å²) in [5.41, 5.74) is 3.28. The lowest BCUT2D eigenvalue weighted by atomic mass is 9.78. The van der Waals surface area contributed by atoms with Gasteiger partial charge in [-0.2, -0.15) is 0 Å². The minimum atomic E-state index is -0.914. The number of aliphatic carboxylic acids is 1. The van der Waals surface area contributed by atoms with Crippen molar-refractivity contribution in [3.05, 3.63) is 45.8 Å². The molecule has 1 saturated carbocycles.